The van der Waals surface area contributed by atoms with Gasteiger partial charge in [0, 0.05) is 13.0 Å². The minimum absolute atomic E-state index is 0.183. The van der Waals surface area contributed by atoms with E-state index in [0.29, 0.717) is 13.0 Å². The van der Waals surface area contributed by atoms with Crippen molar-refractivity contribution in [2.24, 2.45) is 0 Å². The van der Waals surface area contributed by atoms with Crippen LogP contribution >= 0.6 is 0 Å². The second-order valence-corrected chi connectivity index (χ2v) is 5.36. The zero-order valence-electron chi connectivity index (χ0n) is 14.6. The largest absolute Gasteiger partial charge is 0.445 e. The van der Waals surface area contributed by atoms with Crippen LogP contribution in [-0.2, 0) is 16.0 Å². The number of benzene rings is 1. The van der Waals surface area contributed by atoms with Crippen molar-refractivity contribution in [3.63, 3.8) is 0 Å². The highest BCUT2D eigenvalue weighted by Crippen LogP contribution is 2.33. The number of fused-ring (bicyclic) bond motifs is 1. The third kappa shape index (κ3) is 4.44. The van der Waals surface area contributed by atoms with Gasteiger partial charge < -0.3 is 14.4 Å². The molecule has 0 spiro atoms. The number of aldehydes is 1. The number of carbonyl (C=O) groups is 2. The van der Waals surface area contributed by atoms with Crippen molar-refractivity contribution >= 4 is 12.4 Å². The molecule has 2 rings (SSSR count). The van der Waals surface area contributed by atoms with Gasteiger partial charge in [0.25, 0.3) is 0 Å². The van der Waals surface area contributed by atoms with Gasteiger partial charge in [0.15, 0.2) is 0 Å². The molecule has 0 aromatic heterocycles. The fraction of sp³-hybridized carbons (Fsp3) is 0.474. The number of rotatable bonds is 4. The summed E-state index contributed by atoms with van der Waals surface area (Å²) in [5.41, 5.74) is 4.69. The molecule has 0 saturated heterocycles. The van der Waals surface area contributed by atoms with Crippen LogP contribution in [0, 0.1) is 13.8 Å². The average Bonchev–Trinajstić information content (AvgIpc) is 2.56. The lowest BCUT2D eigenvalue weighted by Gasteiger charge is -2.36. The number of nitrogens with zero attached hydrogens (tertiary/aromatic N) is 1. The van der Waals surface area contributed by atoms with Crippen molar-refractivity contribution in [2.75, 3.05) is 13.2 Å². The molecule has 4 heteroatoms. The molecule has 0 bridgehead atoms. The summed E-state index contributed by atoms with van der Waals surface area (Å²) in [6.45, 7) is 12.4. The molecule has 1 aliphatic heterocycles. The Hall–Kier alpha value is -2.10. The van der Waals surface area contributed by atoms with E-state index in [-0.39, 0.29) is 18.7 Å². The van der Waals surface area contributed by atoms with E-state index in [2.05, 4.69) is 25.6 Å². The second kappa shape index (κ2) is 9.13. The van der Waals surface area contributed by atoms with E-state index < -0.39 is 0 Å². The molecule has 0 aliphatic carbocycles. The Balaban J connectivity index is 0.00000127. The molecule has 1 heterocycles. The van der Waals surface area contributed by atoms with E-state index in [9.17, 15) is 9.59 Å². The first kappa shape index (κ1) is 18.9. The third-order valence-electron chi connectivity index (χ3n) is 3.99. The Labute approximate surface area is 139 Å². The summed E-state index contributed by atoms with van der Waals surface area (Å²) in [5, 5.41) is 0. The van der Waals surface area contributed by atoms with E-state index in [1.165, 1.54) is 22.8 Å². The van der Waals surface area contributed by atoms with Crippen LogP contribution in [-0.4, -0.2) is 30.4 Å². The predicted octanol–water partition coefficient (Wildman–Crippen LogP) is 4.14. The highest BCUT2D eigenvalue weighted by atomic mass is 16.6. The summed E-state index contributed by atoms with van der Waals surface area (Å²) < 4.78 is 5.13. The fourth-order valence-electron chi connectivity index (χ4n) is 2.77. The number of aryl methyl sites for hydroxylation is 2. The normalized spacial score (nSPS) is 15.8. The fourth-order valence-corrected chi connectivity index (χ4v) is 2.77. The van der Waals surface area contributed by atoms with Crippen molar-refractivity contribution < 1.29 is 14.3 Å². The molecular formula is C19H27NO3. The van der Waals surface area contributed by atoms with Crippen LogP contribution in [0.3, 0.4) is 0 Å². The molecular weight excluding hydrogens is 290 g/mol. The van der Waals surface area contributed by atoms with Crippen LogP contribution < -0.4 is 0 Å². The highest BCUT2D eigenvalue weighted by molar-refractivity contribution is 5.70. The Morgan fingerprint density at radius 2 is 2.00 bits per heavy atom. The zero-order valence-corrected chi connectivity index (χ0v) is 14.6. The van der Waals surface area contributed by atoms with Gasteiger partial charge in [-0.2, -0.15) is 0 Å². The van der Waals surface area contributed by atoms with E-state index in [4.69, 9.17) is 4.74 Å². The van der Waals surface area contributed by atoms with Crippen LogP contribution in [0.15, 0.2) is 24.8 Å². The van der Waals surface area contributed by atoms with Crippen molar-refractivity contribution in [3.05, 3.63) is 47.0 Å². The molecule has 1 unspecified atom stereocenters. The van der Waals surface area contributed by atoms with Gasteiger partial charge in [-0.15, -0.1) is 0 Å². The van der Waals surface area contributed by atoms with Crippen LogP contribution in [0.2, 0.25) is 0 Å². The van der Waals surface area contributed by atoms with Gasteiger partial charge in [-0.1, -0.05) is 38.6 Å². The van der Waals surface area contributed by atoms with Crippen molar-refractivity contribution in [2.45, 2.75) is 46.6 Å². The summed E-state index contributed by atoms with van der Waals surface area (Å²) in [7, 11) is 0. The van der Waals surface area contributed by atoms with Gasteiger partial charge in [-0.05, 0) is 42.5 Å². The van der Waals surface area contributed by atoms with E-state index in [0.717, 1.165) is 18.3 Å². The molecule has 126 valence electrons. The Bertz CT molecular complexity index is 566. The van der Waals surface area contributed by atoms with Crippen LogP contribution in [0.25, 0.3) is 0 Å². The Morgan fingerprint density at radius 1 is 1.35 bits per heavy atom. The predicted molar refractivity (Wildman–Crippen MR) is 92.6 cm³/mol. The van der Waals surface area contributed by atoms with Gasteiger partial charge >= 0.3 is 6.09 Å². The minimum Gasteiger partial charge on any atom is -0.445 e. The lowest BCUT2D eigenvalue weighted by Crippen LogP contribution is -2.40. The molecule has 4 nitrogen and oxygen atoms in total. The van der Waals surface area contributed by atoms with E-state index >= 15 is 0 Å². The molecule has 0 fully saturated rings. The van der Waals surface area contributed by atoms with Crippen LogP contribution in [0.1, 0.15) is 48.6 Å². The van der Waals surface area contributed by atoms with Crippen molar-refractivity contribution in [1.29, 1.82) is 0 Å². The topological polar surface area (TPSA) is 46.6 Å². The first-order valence-electron chi connectivity index (χ1n) is 8.16. The highest BCUT2D eigenvalue weighted by Gasteiger charge is 2.31. The van der Waals surface area contributed by atoms with Crippen molar-refractivity contribution in [3.8, 4) is 0 Å². The second-order valence-electron chi connectivity index (χ2n) is 5.36. The maximum Gasteiger partial charge on any atom is 0.410 e. The van der Waals surface area contributed by atoms with Crippen LogP contribution in [0.5, 0.6) is 0 Å². The quantitative estimate of drug-likeness (QED) is 0.619. The molecule has 1 amide bonds. The number of amides is 1. The van der Waals surface area contributed by atoms with Gasteiger partial charge in [-0.3, -0.25) is 0 Å². The van der Waals surface area contributed by atoms with E-state index in [1.54, 1.807) is 4.90 Å². The maximum atomic E-state index is 12.1. The van der Waals surface area contributed by atoms with Crippen molar-refractivity contribution in [1.82, 2.24) is 4.90 Å². The molecule has 1 aliphatic rings. The van der Waals surface area contributed by atoms with Gasteiger partial charge in [-0.25, -0.2) is 4.79 Å². The standard InChI is InChI=1S/C17H21NO3.C2H6/c1-4-9-21-17(20)18-7-5-14-10-12(2)13(3)11-15(14)16(18)6-8-19;1-2/h4,8,10-11,16H,1,5-7,9H2,2-3H3;1-2H3. The third-order valence-corrected chi connectivity index (χ3v) is 3.99. The smallest absolute Gasteiger partial charge is 0.410 e. The number of hydrogen-bond donors (Lipinski definition) is 0. The van der Waals surface area contributed by atoms with Crippen LogP contribution in [0.4, 0.5) is 4.79 Å². The lowest BCUT2D eigenvalue weighted by molar-refractivity contribution is -0.108. The number of carbonyl (C=O) groups excluding carboxylic acids is 2. The summed E-state index contributed by atoms with van der Waals surface area (Å²) in [6, 6.07) is 4.02. The van der Waals surface area contributed by atoms with Gasteiger partial charge in [0.1, 0.15) is 12.9 Å². The Morgan fingerprint density at radius 3 is 2.61 bits per heavy atom. The molecule has 0 saturated carbocycles. The molecule has 0 radical (unpaired) electrons. The monoisotopic (exact) mass is 317 g/mol. The molecule has 1 aromatic carbocycles. The summed E-state index contributed by atoms with van der Waals surface area (Å²) >= 11 is 0. The van der Waals surface area contributed by atoms with Gasteiger partial charge in [0.2, 0.25) is 0 Å². The number of hydrogen-bond acceptors (Lipinski definition) is 3. The summed E-state index contributed by atoms with van der Waals surface area (Å²) in [4.78, 5) is 24.8. The van der Waals surface area contributed by atoms with E-state index in [1.807, 2.05) is 20.8 Å². The molecule has 23 heavy (non-hydrogen) atoms. The summed E-state index contributed by atoms with van der Waals surface area (Å²) in [6.07, 6.45) is 3.10. The number of ether oxygens (including phenoxy) is 1. The lowest BCUT2D eigenvalue weighted by atomic mass is 9.88. The molecule has 1 atom stereocenters. The average molecular weight is 317 g/mol. The summed E-state index contributed by atoms with van der Waals surface area (Å²) in [5.74, 6) is 0. The van der Waals surface area contributed by atoms with Gasteiger partial charge in [0.05, 0.1) is 6.04 Å². The molecule has 0 N–H and O–H groups in total. The first-order valence-corrected chi connectivity index (χ1v) is 8.16. The maximum absolute atomic E-state index is 12.1. The molecule has 1 aromatic rings. The zero-order chi connectivity index (χ0) is 17.4. The minimum atomic E-state index is -0.384. The Kier molecular flexibility index (Phi) is 7.52. The SMILES string of the molecule is C=CCOC(=O)N1CCc2cc(C)c(C)cc2C1CC=O.CC. The first-order chi connectivity index (χ1) is 11.1.